The second-order valence-electron chi connectivity index (χ2n) is 8.50. The van der Waals surface area contributed by atoms with Crippen molar-refractivity contribution in [1.29, 1.82) is 0 Å². The van der Waals surface area contributed by atoms with Crippen molar-refractivity contribution in [3.8, 4) is 11.5 Å². The molecule has 1 radical (unpaired) electrons. The Hall–Kier alpha value is -3.46. The van der Waals surface area contributed by atoms with Gasteiger partial charge in [-0.1, -0.05) is 30.3 Å². The first-order valence-corrected chi connectivity index (χ1v) is 12.7. The molecule has 4 unspecified atom stereocenters. The van der Waals surface area contributed by atoms with E-state index in [1.54, 1.807) is 0 Å². The fourth-order valence-corrected chi connectivity index (χ4v) is 3.87. The number of rotatable bonds is 10. The zero-order valence-corrected chi connectivity index (χ0v) is 26.7. The molecule has 0 aliphatic carbocycles. The Morgan fingerprint density at radius 3 is 2.14 bits per heavy atom. The molecule has 0 spiro atoms. The van der Waals surface area contributed by atoms with Gasteiger partial charge in [0.15, 0.2) is 17.6 Å². The third-order valence-electron chi connectivity index (χ3n) is 5.30. The fourth-order valence-electron chi connectivity index (χ4n) is 3.72. The molecule has 42 heavy (non-hydrogen) atoms. The van der Waals surface area contributed by atoms with Gasteiger partial charge in [0.2, 0.25) is 6.29 Å². The van der Waals surface area contributed by atoms with Crippen molar-refractivity contribution in [2.75, 3.05) is 6.61 Å². The maximum Gasteiger partial charge on any atom is 1.00 e. The Morgan fingerprint density at radius 1 is 0.929 bits per heavy atom. The second kappa shape index (κ2) is 18.9. The van der Waals surface area contributed by atoms with Crippen LogP contribution in [0.5, 0.6) is 11.5 Å². The number of carbonyl (C=O) groups is 4. The summed E-state index contributed by atoms with van der Waals surface area (Å²) in [7, 11) is 0. The Labute approximate surface area is 261 Å². The van der Waals surface area contributed by atoms with Gasteiger partial charge in [-0.2, -0.15) is 6.92 Å². The summed E-state index contributed by atoms with van der Waals surface area (Å²) in [5.41, 5.74) is 1.03. The smallest absolute Gasteiger partial charge is 0.542 e. The number of benzene rings is 2. The van der Waals surface area contributed by atoms with Gasteiger partial charge in [0, 0.05) is 39.7 Å². The number of ether oxygens (including phenoxy) is 6. The fraction of sp³-hybridized carbons (Fsp3) is 0.393. The van der Waals surface area contributed by atoms with Crippen LogP contribution in [0.3, 0.4) is 0 Å². The standard InChI is InChI=1S/C26H28O11S.C2H3O.Os/c1-15(27)31-14-23-25(34-17(3)29)22(33-16(2)28)12-24(36-23)35-20-10-9-19(11-21(20)37-38)26(30)32-13-18-7-5-4-6-8-18;1-2-3;/h4-11,22-25,38H,12-14H2,1-3H3;1H3;/q;-1;+1. The molecule has 2 aromatic rings. The predicted molar refractivity (Wildman–Crippen MR) is 145 cm³/mol. The molecule has 2 aromatic carbocycles. The minimum atomic E-state index is -1.04. The van der Waals surface area contributed by atoms with Crippen LogP contribution in [0.4, 0.5) is 0 Å². The summed E-state index contributed by atoms with van der Waals surface area (Å²) in [6, 6.07) is 13.5. The van der Waals surface area contributed by atoms with E-state index in [1.165, 1.54) is 52.2 Å². The van der Waals surface area contributed by atoms with Crippen LogP contribution >= 0.6 is 12.9 Å². The van der Waals surface area contributed by atoms with E-state index in [1.807, 2.05) is 30.3 Å². The van der Waals surface area contributed by atoms with Gasteiger partial charge in [0.25, 0.3) is 0 Å². The van der Waals surface area contributed by atoms with Crippen molar-refractivity contribution in [2.24, 2.45) is 0 Å². The molecule has 12 nitrogen and oxygen atoms in total. The van der Waals surface area contributed by atoms with Crippen LogP contribution in [0.25, 0.3) is 0 Å². The number of carbonyl (C=O) groups excluding carboxylic acids is 5. The van der Waals surface area contributed by atoms with E-state index in [9.17, 15) is 19.2 Å². The van der Waals surface area contributed by atoms with Crippen molar-refractivity contribution >= 4 is 43.1 Å². The van der Waals surface area contributed by atoms with Gasteiger partial charge in [0.1, 0.15) is 25.4 Å². The first-order valence-electron chi connectivity index (χ1n) is 12.3. The third-order valence-corrected chi connectivity index (χ3v) is 5.50. The number of hydrogen-bond donors (Lipinski definition) is 1. The van der Waals surface area contributed by atoms with Crippen LogP contribution in [0, 0.1) is 0 Å². The number of hydrogen-bond acceptors (Lipinski definition) is 13. The van der Waals surface area contributed by atoms with Gasteiger partial charge in [-0.25, -0.2) is 4.79 Å². The second-order valence-corrected chi connectivity index (χ2v) is 8.68. The van der Waals surface area contributed by atoms with Crippen molar-refractivity contribution in [3.05, 3.63) is 59.7 Å². The van der Waals surface area contributed by atoms with Gasteiger partial charge in [-0.15, -0.1) is 0 Å². The number of thiol groups is 1. The molecular weight excluding hydrogens is 751 g/mol. The molecule has 0 aromatic heterocycles. The Kier molecular flexibility index (Phi) is 16.4. The average molecular weight is 782 g/mol. The molecule has 1 fully saturated rings. The third kappa shape index (κ3) is 12.2. The topological polar surface area (TPSA) is 150 Å². The number of esters is 4. The maximum atomic E-state index is 12.5. The van der Waals surface area contributed by atoms with E-state index < -0.39 is 48.5 Å². The van der Waals surface area contributed by atoms with E-state index in [0.717, 1.165) is 5.56 Å². The van der Waals surface area contributed by atoms with E-state index in [4.69, 9.17) is 37.4 Å². The SMILES string of the molecule is CC(=O)OCC1OC(Oc2ccc(C(=O)OCc3ccccc3)cc2OS)CC(OC(C)=O)C1OC(C)=O.C[C-]=O.[Os+]. The molecule has 1 aliphatic rings. The summed E-state index contributed by atoms with van der Waals surface area (Å²) in [6.07, 6.45) is -2.56. The Morgan fingerprint density at radius 2 is 1.57 bits per heavy atom. The molecule has 3 rings (SSSR count). The van der Waals surface area contributed by atoms with Crippen LogP contribution in [0.1, 0.15) is 50.0 Å². The van der Waals surface area contributed by atoms with Crippen LogP contribution in [0.15, 0.2) is 48.5 Å². The van der Waals surface area contributed by atoms with Crippen LogP contribution in [-0.4, -0.2) is 61.4 Å². The quantitative estimate of drug-likeness (QED) is 0.124. The Bertz CT molecular complexity index is 1190. The Balaban J connectivity index is 0.00000211. The summed E-state index contributed by atoms with van der Waals surface area (Å²) in [5.74, 6) is -2.17. The van der Waals surface area contributed by atoms with Gasteiger partial charge < -0.3 is 37.4 Å². The monoisotopic (exact) mass is 783 g/mol. The molecule has 0 bridgehead atoms. The minimum Gasteiger partial charge on any atom is -0.542 e. The molecule has 229 valence electrons. The molecule has 0 amide bonds. The van der Waals surface area contributed by atoms with Gasteiger partial charge in [-0.05, 0) is 17.7 Å². The largest absolute Gasteiger partial charge is 1.00 e. The normalized spacial score (nSPS) is 18.9. The van der Waals surface area contributed by atoms with E-state index in [-0.39, 0.29) is 56.5 Å². The van der Waals surface area contributed by atoms with Crippen molar-refractivity contribution in [2.45, 2.75) is 65.3 Å². The molecule has 0 N–H and O–H groups in total. The molecule has 0 saturated carbocycles. The summed E-state index contributed by atoms with van der Waals surface area (Å²) >= 11 is 3.85. The average Bonchev–Trinajstić information content (AvgIpc) is 2.92. The molecule has 1 saturated heterocycles. The summed E-state index contributed by atoms with van der Waals surface area (Å²) in [5, 5.41) is 0. The van der Waals surface area contributed by atoms with Gasteiger partial charge in [-0.3, -0.25) is 20.7 Å². The molecule has 14 heteroatoms. The molecule has 4 atom stereocenters. The predicted octanol–water partition coefficient (Wildman–Crippen LogP) is 3.30. The van der Waals surface area contributed by atoms with Crippen molar-refractivity contribution < 1.29 is 76.4 Å². The molecule has 1 aliphatic heterocycles. The zero-order chi connectivity index (χ0) is 30.4. The van der Waals surface area contributed by atoms with Crippen molar-refractivity contribution in [1.82, 2.24) is 0 Å². The minimum absolute atomic E-state index is 0. The summed E-state index contributed by atoms with van der Waals surface area (Å²) < 4.78 is 38.0. The molecule has 1 heterocycles. The van der Waals surface area contributed by atoms with Gasteiger partial charge in [0.05, 0.1) is 12.0 Å². The van der Waals surface area contributed by atoms with Crippen molar-refractivity contribution in [3.63, 3.8) is 0 Å². The van der Waals surface area contributed by atoms with Gasteiger partial charge >= 0.3 is 43.7 Å². The van der Waals surface area contributed by atoms with E-state index in [0.29, 0.717) is 0 Å². The summed E-state index contributed by atoms with van der Waals surface area (Å²) in [6.45, 7) is 4.74. The van der Waals surface area contributed by atoms with Crippen LogP contribution in [-0.2, 0) is 69.3 Å². The first kappa shape index (κ1) is 36.6. The van der Waals surface area contributed by atoms with E-state index >= 15 is 0 Å². The molecular formula is C28H31O12OsS. The summed E-state index contributed by atoms with van der Waals surface area (Å²) in [4.78, 5) is 56.0. The van der Waals surface area contributed by atoms with Crippen LogP contribution < -0.4 is 8.92 Å². The van der Waals surface area contributed by atoms with Crippen LogP contribution in [0.2, 0.25) is 0 Å². The zero-order valence-electron chi connectivity index (χ0n) is 23.2. The van der Waals surface area contributed by atoms with E-state index in [2.05, 4.69) is 12.9 Å². The first-order chi connectivity index (χ1) is 19.6. The maximum absolute atomic E-state index is 12.5.